The third kappa shape index (κ3) is 3.40. The quantitative estimate of drug-likeness (QED) is 0.885. The molecule has 0 radical (unpaired) electrons. The predicted octanol–water partition coefficient (Wildman–Crippen LogP) is 1.96. The predicted molar refractivity (Wildman–Crippen MR) is 72.6 cm³/mol. The van der Waals surface area contributed by atoms with Crippen LogP contribution in [-0.2, 0) is 23.1 Å². The van der Waals surface area contributed by atoms with E-state index >= 15 is 0 Å². The van der Waals surface area contributed by atoms with Gasteiger partial charge in [0.25, 0.3) is 0 Å². The fraction of sp³-hybridized carbons (Fsp3) is 0.167. The van der Waals surface area contributed by atoms with Crippen molar-refractivity contribution in [3.05, 3.63) is 52.4 Å². The topological polar surface area (TPSA) is 72.2 Å². The number of hydrogen-bond acceptors (Lipinski definition) is 4. The van der Waals surface area contributed by atoms with E-state index in [4.69, 9.17) is 5.73 Å². The van der Waals surface area contributed by atoms with Crippen molar-refractivity contribution in [3.8, 4) is 0 Å². The first-order valence-electron chi connectivity index (χ1n) is 5.65. The van der Waals surface area contributed by atoms with Gasteiger partial charge in [0.05, 0.1) is 0 Å². The van der Waals surface area contributed by atoms with Gasteiger partial charge in [0.15, 0.2) is 11.6 Å². The van der Waals surface area contributed by atoms with E-state index in [-0.39, 0.29) is 17.3 Å². The molecule has 0 amide bonds. The molecule has 8 heteroatoms. The van der Waals surface area contributed by atoms with Gasteiger partial charge in [0, 0.05) is 18.0 Å². The highest BCUT2D eigenvalue weighted by Gasteiger charge is 2.16. The summed E-state index contributed by atoms with van der Waals surface area (Å²) in [7, 11) is -3.67. The van der Waals surface area contributed by atoms with E-state index in [0.717, 1.165) is 28.3 Å². The first-order chi connectivity index (χ1) is 9.42. The van der Waals surface area contributed by atoms with Crippen molar-refractivity contribution in [1.29, 1.82) is 0 Å². The van der Waals surface area contributed by atoms with E-state index in [1.54, 1.807) is 6.07 Å². The standard InChI is InChI=1S/C12H12F2N2O2S2/c13-10-3-1-8(5-11(10)14)7-16-20(17,18)12-4-2-9(6-15)19-12/h1-5,16H,6-7,15H2. The number of sulfonamides is 1. The summed E-state index contributed by atoms with van der Waals surface area (Å²) in [6, 6.07) is 6.33. The lowest BCUT2D eigenvalue weighted by atomic mass is 10.2. The van der Waals surface area contributed by atoms with Crippen molar-refractivity contribution in [2.75, 3.05) is 0 Å². The summed E-state index contributed by atoms with van der Waals surface area (Å²) in [5.74, 6) is -1.98. The van der Waals surface area contributed by atoms with E-state index < -0.39 is 21.7 Å². The van der Waals surface area contributed by atoms with Crippen LogP contribution < -0.4 is 10.5 Å². The number of nitrogens with one attached hydrogen (secondary N) is 1. The van der Waals surface area contributed by atoms with Gasteiger partial charge in [0.1, 0.15) is 4.21 Å². The van der Waals surface area contributed by atoms with Crippen molar-refractivity contribution < 1.29 is 17.2 Å². The second-order valence-electron chi connectivity index (χ2n) is 4.00. The molecule has 0 fully saturated rings. The molecule has 0 aliphatic rings. The summed E-state index contributed by atoms with van der Waals surface area (Å²) < 4.78 is 52.2. The normalized spacial score (nSPS) is 11.8. The van der Waals surface area contributed by atoms with Crippen LogP contribution in [0.3, 0.4) is 0 Å². The fourth-order valence-electron chi connectivity index (χ4n) is 1.51. The third-order valence-electron chi connectivity index (χ3n) is 2.55. The Balaban J connectivity index is 2.10. The Hall–Kier alpha value is -1.35. The Morgan fingerprint density at radius 3 is 2.50 bits per heavy atom. The molecular weight excluding hydrogens is 306 g/mol. The summed E-state index contributed by atoms with van der Waals surface area (Å²) in [5, 5.41) is 0. The number of halogens is 2. The molecule has 0 aliphatic carbocycles. The molecule has 20 heavy (non-hydrogen) atoms. The number of hydrogen-bond donors (Lipinski definition) is 2. The van der Waals surface area contributed by atoms with Gasteiger partial charge in [-0.2, -0.15) is 0 Å². The van der Waals surface area contributed by atoms with Gasteiger partial charge in [0.2, 0.25) is 10.0 Å². The van der Waals surface area contributed by atoms with Gasteiger partial charge in [-0.15, -0.1) is 11.3 Å². The van der Waals surface area contributed by atoms with Crippen LogP contribution in [0, 0.1) is 11.6 Å². The summed E-state index contributed by atoms with van der Waals surface area (Å²) in [5.41, 5.74) is 5.76. The Kier molecular flexibility index (Phi) is 4.48. The zero-order valence-electron chi connectivity index (χ0n) is 10.3. The van der Waals surface area contributed by atoms with Crippen LogP contribution in [0.5, 0.6) is 0 Å². The van der Waals surface area contributed by atoms with Crippen LogP contribution in [0.25, 0.3) is 0 Å². The first kappa shape index (κ1) is 15.0. The van der Waals surface area contributed by atoms with Crippen LogP contribution in [0.1, 0.15) is 10.4 Å². The SMILES string of the molecule is NCc1ccc(S(=O)(=O)NCc2ccc(F)c(F)c2)s1. The molecule has 0 unspecified atom stereocenters. The van der Waals surface area contributed by atoms with Crippen molar-refractivity contribution in [3.63, 3.8) is 0 Å². The van der Waals surface area contributed by atoms with E-state index in [1.807, 2.05) is 0 Å². The molecule has 1 heterocycles. The molecule has 0 saturated carbocycles. The van der Waals surface area contributed by atoms with Crippen molar-refractivity contribution in [2.24, 2.45) is 5.73 Å². The summed E-state index contributed by atoms with van der Waals surface area (Å²) in [4.78, 5) is 0.748. The van der Waals surface area contributed by atoms with Gasteiger partial charge in [-0.05, 0) is 29.8 Å². The van der Waals surface area contributed by atoms with Gasteiger partial charge < -0.3 is 5.73 Å². The third-order valence-corrected chi connectivity index (χ3v) is 5.55. The molecule has 108 valence electrons. The lowest BCUT2D eigenvalue weighted by Gasteiger charge is -2.05. The van der Waals surface area contributed by atoms with Crippen molar-refractivity contribution >= 4 is 21.4 Å². The fourth-order valence-corrected chi connectivity index (χ4v) is 3.81. The molecule has 1 aromatic carbocycles. The Morgan fingerprint density at radius 1 is 1.15 bits per heavy atom. The van der Waals surface area contributed by atoms with Crippen LogP contribution in [0.2, 0.25) is 0 Å². The summed E-state index contributed by atoms with van der Waals surface area (Å²) in [6.07, 6.45) is 0. The minimum absolute atomic E-state index is 0.116. The zero-order valence-corrected chi connectivity index (χ0v) is 11.9. The second-order valence-corrected chi connectivity index (χ2v) is 7.16. The molecule has 4 nitrogen and oxygen atoms in total. The average Bonchev–Trinajstić information content (AvgIpc) is 2.90. The maximum absolute atomic E-state index is 13.0. The van der Waals surface area contributed by atoms with Gasteiger partial charge >= 0.3 is 0 Å². The maximum Gasteiger partial charge on any atom is 0.250 e. The summed E-state index contributed by atoms with van der Waals surface area (Å²) in [6.45, 7) is 0.152. The number of rotatable bonds is 5. The molecule has 2 aromatic rings. The van der Waals surface area contributed by atoms with E-state index in [0.29, 0.717) is 5.56 Å². The molecule has 0 spiro atoms. The average molecular weight is 318 g/mol. The zero-order chi connectivity index (χ0) is 14.8. The number of nitrogens with two attached hydrogens (primary N) is 1. The van der Waals surface area contributed by atoms with Crippen LogP contribution >= 0.6 is 11.3 Å². The highest BCUT2D eigenvalue weighted by Crippen LogP contribution is 2.21. The molecule has 0 bridgehead atoms. The van der Waals surface area contributed by atoms with Crippen LogP contribution in [0.15, 0.2) is 34.5 Å². The number of thiophene rings is 1. The smallest absolute Gasteiger partial charge is 0.250 e. The van der Waals surface area contributed by atoms with Crippen molar-refractivity contribution in [2.45, 2.75) is 17.3 Å². The molecular formula is C12H12F2N2O2S2. The molecule has 0 atom stereocenters. The molecule has 0 saturated heterocycles. The molecule has 3 N–H and O–H groups in total. The number of benzene rings is 1. The molecule has 1 aromatic heterocycles. The lowest BCUT2D eigenvalue weighted by Crippen LogP contribution is -2.22. The Bertz CT molecular complexity index is 714. The molecule has 0 aliphatic heterocycles. The monoisotopic (exact) mass is 318 g/mol. The Labute approximate surface area is 119 Å². The van der Waals surface area contributed by atoms with E-state index in [2.05, 4.69) is 4.72 Å². The first-order valence-corrected chi connectivity index (χ1v) is 7.95. The lowest BCUT2D eigenvalue weighted by molar-refractivity contribution is 0.506. The van der Waals surface area contributed by atoms with Crippen LogP contribution in [0.4, 0.5) is 8.78 Å². The minimum atomic E-state index is -3.67. The van der Waals surface area contributed by atoms with Gasteiger partial charge in [-0.1, -0.05) is 6.07 Å². The largest absolute Gasteiger partial charge is 0.326 e. The highest BCUT2D eigenvalue weighted by atomic mass is 32.2. The van der Waals surface area contributed by atoms with Gasteiger partial charge in [-0.25, -0.2) is 21.9 Å². The van der Waals surface area contributed by atoms with Crippen LogP contribution in [-0.4, -0.2) is 8.42 Å². The van der Waals surface area contributed by atoms with E-state index in [1.165, 1.54) is 12.1 Å². The molecule has 2 rings (SSSR count). The minimum Gasteiger partial charge on any atom is -0.326 e. The summed E-state index contributed by atoms with van der Waals surface area (Å²) >= 11 is 1.07. The van der Waals surface area contributed by atoms with E-state index in [9.17, 15) is 17.2 Å². The van der Waals surface area contributed by atoms with Gasteiger partial charge in [-0.3, -0.25) is 0 Å². The second kappa shape index (κ2) is 5.96. The maximum atomic E-state index is 13.0. The Morgan fingerprint density at radius 2 is 1.90 bits per heavy atom. The highest BCUT2D eigenvalue weighted by molar-refractivity contribution is 7.91. The van der Waals surface area contributed by atoms with Crippen molar-refractivity contribution in [1.82, 2.24) is 4.72 Å².